The Morgan fingerprint density at radius 1 is 1.06 bits per heavy atom. The smallest absolute Gasteiger partial charge is 0.191 e. The third-order valence-corrected chi connectivity index (χ3v) is 5.53. The molecule has 1 aromatic heterocycles. The fourth-order valence-electron chi connectivity index (χ4n) is 3.87. The van der Waals surface area contributed by atoms with E-state index in [2.05, 4.69) is 50.1 Å². The van der Waals surface area contributed by atoms with Crippen LogP contribution in [0.1, 0.15) is 24.7 Å². The van der Waals surface area contributed by atoms with Gasteiger partial charge in [0.15, 0.2) is 5.96 Å². The number of halogens is 1. The van der Waals surface area contributed by atoms with Gasteiger partial charge in [-0.1, -0.05) is 0 Å². The summed E-state index contributed by atoms with van der Waals surface area (Å²) < 4.78 is 15.2. The first-order chi connectivity index (χ1) is 15.0. The summed E-state index contributed by atoms with van der Waals surface area (Å²) in [5.41, 5.74) is 3.36. The molecule has 1 saturated heterocycles. The van der Waals surface area contributed by atoms with Crippen LogP contribution in [-0.4, -0.2) is 73.0 Å². The fraction of sp³-hybridized carbons (Fsp3) is 0.565. The Hall–Kier alpha value is -2.61. The van der Waals surface area contributed by atoms with Crippen molar-refractivity contribution in [2.45, 2.75) is 33.7 Å². The van der Waals surface area contributed by atoms with Crippen LogP contribution in [-0.2, 0) is 6.54 Å². The van der Waals surface area contributed by atoms with E-state index >= 15 is 0 Å². The number of anilines is 1. The maximum absolute atomic E-state index is 13.1. The Morgan fingerprint density at radius 2 is 1.81 bits per heavy atom. The molecule has 170 valence electrons. The summed E-state index contributed by atoms with van der Waals surface area (Å²) in [6, 6.07) is 8.89. The van der Waals surface area contributed by atoms with Gasteiger partial charge in [-0.2, -0.15) is 5.10 Å². The van der Waals surface area contributed by atoms with Crippen LogP contribution in [0.25, 0.3) is 0 Å². The van der Waals surface area contributed by atoms with Gasteiger partial charge in [0.2, 0.25) is 0 Å². The van der Waals surface area contributed by atoms with Crippen molar-refractivity contribution >= 4 is 11.6 Å². The van der Waals surface area contributed by atoms with Crippen molar-refractivity contribution in [3.05, 3.63) is 47.5 Å². The first kappa shape index (κ1) is 23.1. The minimum atomic E-state index is -0.182. The average molecular weight is 430 g/mol. The maximum atomic E-state index is 13.1. The number of hydrogen-bond donors (Lipinski definition) is 2. The van der Waals surface area contributed by atoms with E-state index in [0.717, 1.165) is 82.7 Å². The minimum absolute atomic E-state index is 0.182. The van der Waals surface area contributed by atoms with Crippen LogP contribution in [0.15, 0.2) is 35.3 Å². The van der Waals surface area contributed by atoms with Gasteiger partial charge in [-0.15, -0.1) is 0 Å². The van der Waals surface area contributed by atoms with Crippen molar-refractivity contribution in [3.8, 4) is 0 Å². The van der Waals surface area contributed by atoms with Crippen LogP contribution in [0.4, 0.5) is 10.1 Å². The molecule has 2 aromatic rings. The van der Waals surface area contributed by atoms with Gasteiger partial charge in [-0.25, -0.2) is 4.39 Å². The average Bonchev–Trinajstić information content (AvgIpc) is 3.09. The molecule has 1 aliphatic rings. The molecular weight excluding hydrogens is 393 g/mol. The van der Waals surface area contributed by atoms with Gasteiger partial charge in [-0.3, -0.25) is 14.6 Å². The highest BCUT2D eigenvalue weighted by atomic mass is 19.1. The monoisotopic (exact) mass is 429 g/mol. The summed E-state index contributed by atoms with van der Waals surface area (Å²) in [7, 11) is 0. The van der Waals surface area contributed by atoms with Crippen molar-refractivity contribution in [2.75, 3.05) is 57.3 Å². The van der Waals surface area contributed by atoms with Gasteiger partial charge >= 0.3 is 0 Å². The van der Waals surface area contributed by atoms with Gasteiger partial charge in [-0.05, 0) is 57.5 Å². The molecule has 7 nitrogen and oxygen atoms in total. The van der Waals surface area contributed by atoms with Crippen molar-refractivity contribution in [1.82, 2.24) is 25.3 Å². The van der Waals surface area contributed by atoms with E-state index in [9.17, 15) is 4.39 Å². The van der Waals surface area contributed by atoms with Crippen LogP contribution in [0.2, 0.25) is 0 Å². The van der Waals surface area contributed by atoms with E-state index in [4.69, 9.17) is 4.99 Å². The quantitative estimate of drug-likeness (QED) is 0.364. The molecule has 31 heavy (non-hydrogen) atoms. The normalized spacial score (nSPS) is 15.4. The Balaban J connectivity index is 1.35. The minimum Gasteiger partial charge on any atom is -0.369 e. The third kappa shape index (κ3) is 7.24. The molecule has 8 heteroatoms. The summed E-state index contributed by atoms with van der Waals surface area (Å²) in [5.74, 6) is 0.694. The van der Waals surface area contributed by atoms with Gasteiger partial charge < -0.3 is 15.5 Å². The molecule has 0 saturated carbocycles. The molecule has 0 amide bonds. The zero-order chi connectivity index (χ0) is 22.1. The number of nitrogens with one attached hydrogen (secondary N) is 2. The van der Waals surface area contributed by atoms with E-state index in [1.807, 2.05) is 19.1 Å². The standard InChI is InChI=1S/C23H36FN7/c1-4-25-23(26-10-5-12-31-20(3)18-19(2)28-31)27-11-13-29-14-16-30(17-15-29)22-8-6-21(24)7-9-22/h6-9,18H,4-5,10-17H2,1-3H3,(H2,25,26,27). The van der Waals surface area contributed by atoms with E-state index < -0.39 is 0 Å². The van der Waals surface area contributed by atoms with Crippen LogP contribution >= 0.6 is 0 Å². The van der Waals surface area contributed by atoms with Gasteiger partial charge in [0.05, 0.1) is 5.69 Å². The van der Waals surface area contributed by atoms with E-state index in [-0.39, 0.29) is 5.82 Å². The summed E-state index contributed by atoms with van der Waals surface area (Å²) in [6.45, 7) is 14.5. The predicted molar refractivity (Wildman–Crippen MR) is 125 cm³/mol. The molecule has 0 spiro atoms. The first-order valence-electron chi connectivity index (χ1n) is 11.3. The Kier molecular flexibility index (Phi) is 8.70. The topological polar surface area (TPSA) is 60.7 Å². The molecule has 1 aromatic carbocycles. The number of rotatable bonds is 9. The molecule has 0 atom stereocenters. The lowest BCUT2D eigenvalue weighted by atomic mass is 10.2. The van der Waals surface area contributed by atoms with Crippen LogP contribution in [0, 0.1) is 19.7 Å². The van der Waals surface area contributed by atoms with Crippen LogP contribution in [0.3, 0.4) is 0 Å². The predicted octanol–water partition coefficient (Wildman–Crippen LogP) is 2.41. The van der Waals surface area contributed by atoms with Crippen molar-refractivity contribution in [2.24, 2.45) is 4.99 Å². The van der Waals surface area contributed by atoms with Crippen molar-refractivity contribution in [3.63, 3.8) is 0 Å². The highest BCUT2D eigenvalue weighted by Gasteiger charge is 2.16. The molecular formula is C23H36FN7. The Bertz CT molecular complexity index is 823. The lowest BCUT2D eigenvalue weighted by Gasteiger charge is -2.36. The molecule has 0 radical (unpaired) electrons. The second-order valence-corrected chi connectivity index (χ2v) is 8.00. The largest absolute Gasteiger partial charge is 0.369 e. The number of benzene rings is 1. The number of nitrogens with zero attached hydrogens (tertiary/aromatic N) is 5. The molecule has 0 unspecified atom stereocenters. The molecule has 2 N–H and O–H groups in total. The SMILES string of the molecule is CCNC(=NCCCn1nc(C)cc1C)NCCN1CCN(c2ccc(F)cc2)CC1. The summed E-state index contributed by atoms with van der Waals surface area (Å²) in [6.07, 6.45) is 0.962. The summed E-state index contributed by atoms with van der Waals surface area (Å²) >= 11 is 0. The number of aromatic nitrogens is 2. The lowest BCUT2D eigenvalue weighted by Crippen LogP contribution is -2.49. The third-order valence-electron chi connectivity index (χ3n) is 5.53. The molecule has 0 aliphatic carbocycles. The number of hydrogen-bond acceptors (Lipinski definition) is 4. The zero-order valence-corrected chi connectivity index (χ0v) is 19.1. The van der Waals surface area contributed by atoms with E-state index in [1.54, 1.807) is 0 Å². The van der Waals surface area contributed by atoms with Crippen molar-refractivity contribution < 1.29 is 4.39 Å². The van der Waals surface area contributed by atoms with E-state index in [1.165, 1.54) is 17.8 Å². The second-order valence-electron chi connectivity index (χ2n) is 8.00. The summed E-state index contributed by atoms with van der Waals surface area (Å²) in [4.78, 5) is 9.48. The number of piperazine rings is 1. The van der Waals surface area contributed by atoms with Crippen LogP contribution < -0.4 is 15.5 Å². The van der Waals surface area contributed by atoms with Gasteiger partial charge in [0.25, 0.3) is 0 Å². The number of guanidine groups is 1. The Morgan fingerprint density at radius 3 is 2.45 bits per heavy atom. The molecule has 0 bridgehead atoms. The highest BCUT2D eigenvalue weighted by Crippen LogP contribution is 2.16. The second kappa shape index (κ2) is 11.7. The van der Waals surface area contributed by atoms with Gasteiger partial charge in [0, 0.05) is 70.3 Å². The zero-order valence-electron chi connectivity index (χ0n) is 19.1. The molecule has 3 rings (SSSR count). The lowest BCUT2D eigenvalue weighted by molar-refractivity contribution is 0.261. The number of aliphatic imine (C=N–C) groups is 1. The summed E-state index contributed by atoms with van der Waals surface area (Å²) in [5, 5.41) is 11.3. The molecule has 2 heterocycles. The van der Waals surface area contributed by atoms with Crippen molar-refractivity contribution in [1.29, 1.82) is 0 Å². The molecule has 1 aliphatic heterocycles. The fourth-order valence-corrected chi connectivity index (χ4v) is 3.87. The van der Waals surface area contributed by atoms with Crippen LogP contribution in [0.5, 0.6) is 0 Å². The Labute approximate surface area is 185 Å². The number of aryl methyl sites for hydroxylation is 3. The maximum Gasteiger partial charge on any atom is 0.191 e. The van der Waals surface area contributed by atoms with E-state index in [0.29, 0.717) is 0 Å². The first-order valence-corrected chi connectivity index (χ1v) is 11.3. The van der Waals surface area contributed by atoms with Gasteiger partial charge in [0.1, 0.15) is 5.82 Å². The molecule has 1 fully saturated rings. The highest BCUT2D eigenvalue weighted by molar-refractivity contribution is 5.79.